The number of rotatable bonds is 4. The Kier molecular flexibility index (Phi) is 4.46. The molecule has 120 valence electrons. The Morgan fingerprint density at radius 1 is 1.22 bits per heavy atom. The molecule has 5 nitrogen and oxygen atoms in total. The molecule has 0 spiro atoms. The van der Waals surface area contributed by atoms with Crippen LogP contribution < -0.4 is 10.6 Å². The first-order valence-electron chi connectivity index (χ1n) is 7.87. The third-order valence-electron chi connectivity index (χ3n) is 4.17. The molecule has 0 saturated carbocycles. The molecule has 1 aliphatic carbocycles. The number of amides is 2. The summed E-state index contributed by atoms with van der Waals surface area (Å²) in [5, 5.41) is 5.69. The van der Waals surface area contributed by atoms with Gasteiger partial charge in [-0.1, -0.05) is 24.3 Å². The number of furan rings is 1. The molecule has 2 atom stereocenters. The number of aryl methyl sites for hydroxylation is 1. The van der Waals surface area contributed by atoms with Crippen molar-refractivity contribution in [2.75, 3.05) is 0 Å². The maximum Gasteiger partial charge on any atom is 0.287 e. The molecule has 1 heterocycles. The molecule has 5 heteroatoms. The predicted molar refractivity (Wildman–Crippen MR) is 85.9 cm³/mol. The summed E-state index contributed by atoms with van der Waals surface area (Å²) < 4.78 is 5.03. The molecule has 1 aromatic heterocycles. The Labute approximate surface area is 135 Å². The summed E-state index contributed by atoms with van der Waals surface area (Å²) in [6.45, 7) is 1.67. The first kappa shape index (κ1) is 15.3. The monoisotopic (exact) mass is 312 g/mol. The summed E-state index contributed by atoms with van der Waals surface area (Å²) >= 11 is 0. The number of benzene rings is 1. The maximum absolute atomic E-state index is 12.4. The number of carbonyl (C=O) groups is 2. The Balaban J connectivity index is 1.62. The third kappa shape index (κ3) is 3.44. The van der Waals surface area contributed by atoms with E-state index in [1.54, 1.807) is 19.1 Å². The molecule has 0 bridgehead atoms. The van der Waals surface area contributed by atoms with Gasteiger partial charge in [-0.15, -0.1) is 0 Å². The summed E-state index contributed by atoms with van der Waals surface area (Å²) in [5.74, 6) is -0.374. The van der Waals surface area contributed by atoms with E-state index >= 15 is 0 Å². The fourth-order valence-electron chi connectivity index (χ4n) is 2.94. The Morgan fingerprint density at radius 2 is 2.04 bits per heavy atom. The Hall–Kier alpha value is -2.56. The first-order valence-corrected chi connectivity index (χ1v) is 7.87. The highest BCUT2D eigenvalue weighted by Crippen LogP contribution is 2.29. The van der Waals surface area contributed by atoms with Crippen LogP contribution in [0.1, 0.15) is 47.5 Å². The lowest BCUT2D eigenvalue weighted by Crippen LogP contribution is -2.46. The summed E-state index contributed by atoms with van der Waals surface area (Å²) in [6.07, 6.45) is 4.45. The first-order chi connectivity index (χ1) is 11.1. The molecule has 0 radical (unpaired) electrons. The summed E-state index contributed by atoms with van der Waals surface area (Å²) in [6, 6.07) is 10.8. The largest absolute Gasteiger partial charge is 0.459 e. The van der Waals surface area contributed by atoms with Crippen LogP contribution in [-0.2, 0) is 11.2 Å². The molecule has 2 amide bonds. The third-order valence-corrected chi connectivity index (χ3v) is 4.17. The van der Waals surface area contributed by atoms with E-state index in [4.69, 9.17) is 4.42 Å². The average Bonchev–Trinajstić information content (AvgIpc) is 3.09. The predicted octanol–water partition coefficient (Wildman–Crippen LogP) is 2.59. The quantitative estimate of drug-likeness (QED) is 0.911. The molecule has 0 aliphatic heterocycles. The number of nitrogens with one attached hydrogen (secondary N) is 2. The molecule has 23 heavy (non-hydrogen) atoms. The molecule has 2 aromatic rings. The second-order valence-corrected chi connectivity index (χ2v) is 5.82. The van der Waals surface area contributed by atoms with E-state index in [0.29, 0.717) is 0 Å². The van der Waals surface area contributed by atoms with Crippen molar-refractivity contribution in [3.8, 4) is 0 Å². The van der Waals surface area contributed by atoms with Gasteiger partial charge in [0.15, 0.2) is 5.76 Å². The van der Waals surface area contributed by atoms with E-state index in [9.17, 15) is 9.59 Å². The van der Waals surface area contributed by atoms with E-state index < -0.39 is 6.04 Å². The SMILES string of the molecule is C[C@H](NC(=O)c1ccco1)C(=O)N[C@@H]1CCCc2ccccc21. The van der Waals surface area contributed by atoms with Gasteiger partial charge in [0, 0.05) is 0 Å². The van der Waals surface area contributed by atoms with Crippen LogP contribution in [0, 0.1) is 0 Å². The molecule has 1 aliphatic rings. The highest BCUT2D eigenvalue weighted by Gasteiger charge is 2.24. The van der Waals surface area contributed by atoms with Crippen molar-refractivity contribution < 1.29 is 14.0 Å². The fraction of sp³-hybridized carbons (Fsp3) is 0.333. The maximum atomic E-state index is 12.4. The van der Waals surface area contributed by atoms with Gasteiger partial charge >= 0.3 is 0 Å². The van der Waals surface area contributed by atoms with Crippen LogP contribution in [0.25, 0.3) is 0 Å². The molecule has 1 aromatic carbocycles. The van der Waals surface area contributed by atoms with Gasteiger partial charge in [-0.2, -0.15) is 0 Å². The molecule has 2 N–H and O–H groups in total. The molecule has 0 unspecified atom stereocenters. The number of hydrogen-bond acceptors (Lipinski definition) is 3. The molecule has 0 fully saturated rings. The van der Waals surface area contributed by atoms with Gasteiger partial charge in [-0.25, -0.2) is 0 Å². The lowest BCUT2D eigenvalue weighted by Gasteiger charge is -2.27. The van der Waals surface area contributed by atoms with Gasteiger partial charge < -0.3 is 15.1 Å². The zero-order valence-corrected chi connectivity index (χ0v) is 13.0. The Bertz CT molecular complexity index is 694. The van der Waals surface area contributed by atoms with Gasteiger partial charge in [-0.3, -0.25) is 9.59 Å². The van der Waals surface area contributed by atoms with Crippen LogP contribution in [0.2, 0.25) is 0 Å². The Morgan fingerprint density at radius 3 is 2.83 bits per heavy atom. The van der Waals surface area contributed by atoms with Crippen molar-refractivity contribution in [2.24, 2.45) is 0 Å². The van der Waals surface area contributed by atoms with Gasteiger partial charge in [0.1, 0.15) is 6.04 Å². The number of carbonyl (C=O) groups excluding carboxylic acids is 2. The van der Waals surface area contributed by atoms with Crippen LogP contribution in [0.4, 0.5) is 0 Å². The highest BCUT2D eigenvalue weighted by atomic mass is 16.3. The summed E-state index contributed by atoms with van der Waals surface area (Å²) in [7, 11) is 0. The summed E-state index contributed by atoms with van der Waals surface area (Å²) in [5.41, 5.74) is 2.47. The summed E-state index contributed by atoms with van der Waals surface area (Å²) in [4.78, 5) is 24.3. The highest BCUT2D eigenvalue weighted by molar-refractivity contribution is 5.95. The van der Waals surface area contributed by atoms with Crippen molar-refractivity contribution in [3.05, 3.63) is 59.5 Å². The van der Waals surface area contributed by atoms with E-state index in [1.807, 2.05) is 12.1 Å². The van der Waals surface area contributed by atoms with Crippen LogP contribution in [0.15, 0.2) is 47.1 Å². The lowest BCUT2D eigenvalue weighted by molar-refractivity contribution is -0.123. The van der Waals surface area contributed by atoms with E-state index in [2.05, 4.69) is 22.8 Å². The van der Waals surface area contributed by atoms with Crippen molar-refractivity contribution in [2.45, 2.75) is 38.3 Å². The zero-order valence-electron chi connectivity index (χ0n) is 13.0. The van der Waals surface area contributed by atoms with Gasteiger partial charge in [-0.05, 0) is 49.4 Å². The fourth-order valence-corrected chi connectivity index (χ4v) is 2.94. The smallest absolute Gasteiger partial charge is 0.287 e. The van der Waals surface area contributed by atoms with Gasteiger partial charge in [0.25, 0.3) is 5.91 Å². The normalized spacial score (nSPS) is 17.9. The standard InChI is InChI=1S/C18H20N2O3/c1-12(19-18(22)16-10-5-11-23-16)17(21)20-15-9-4-7-13-6-2-3-8-14(13)15/h2-3,5-6,8,10-12,15H,4,7,9H2,1H3,(H,19,22)(H,20,21)/t12-,15+/m0/s1. The zero-order chi connectivity index (χ0) is 16.2. The van der Waals surface area contributed by atoms with Crippen molar-refractivity contribution in [1.29, 1.82) is 0 Å². The number of hydrogen-bond donors (Lipinski definition) is 2. The minimum Gasteiger partial charge on any atom is -0.459 e. The van der Waals surface area contributed by atoms with E-state index in [0.717, 1.165) is 19.3 Å². The van der Waals surface area contributed by atoms with Crippen molar-refractivity contribution in [1.82, 2.24) is 10.6 Å². The van der Waals surface area contributed by atoms with Crippen molar-refractivity contribution in [3.63, 3.8) is 0 Å². The van der Waals surface area contributed by atoms with Crippen LogP contribution in [-0.4, -0.2) is 17.9 Å². The van der Waals surface area contributed by atoms with Crippen LogP contribution >= 0.6 is 0 Å². The minimum atomic E-state index is -0.623. The van der Waals surface area contributed by atoms with Crippen LogP contribution in [0.3, 0.4) is 0 Å². The molecule has 0 saturated heterocycles. The van der Waals surface area contributed by atoms with Gasteiger partial charge in [0.05, 0.1) is 12.3 Å². The van der Waals surface area contributed by atoms with Gasteiger partial charge in [0.2, 0.25) is 5.91 Å². The molecular weight excluding hydrogens is 292 g/mol. The second-order valence-electron chi connectivity index (χ2n) is 5.82. The van der Waals surface area contributed by atoms with Crippen molar-refractivity contribution >= 4 is 11.8 Å². The molecular formula is C18H20N2O3. The second kappa shape index (κ2) is 6.69. The van der Waals surface area contributed by atoms with E-state index in [-0.39, 0.29) is 23.6 Å². The van der Waals surface area contributed by atoms with Crippen LogP contribution in [0.5, 0.6) is 0 Å². The topological polar surface area (TPSA) is 71.3 Å². The average molecular weight is 312 g/mol. The number of fused-ring (bicyclic) bond motifs is 1. The minimum absolute atomic E-state index is 0.00964. The van der Waals surface area contributed by atoms with E-state index in [1.165, 1.54) is 17.4 Å². The lowest BCUT2D eigenvalue weighted by atomic mass is 9.87. The molecule has 3 rings (SSSR count).